The van der Waals surface area contributed by atoms with Crippen LogP contribution >= 0.6 is 0 Å². The highest BCUT2D eigenvalue weighted by atomic mass is 16.1. The molecule has 0 bridgehead atoms. The highest BCUT2D eigenvalue weighted by Gasteiger charge is 2.30. The van der Waals surface area contributed by atoms with Gasteiger partial charge in [-0.2, -0.15) is 0 Å². The van der Waals surface area contributed by atoms with Crippen LogP contribution in [0.3, 0.4) is 0 Å². The van der Waals surface area contributed by atoms with E-state index in [9.17, 15) is 4.79 Å². The summed E-state index contributed by atoms with van der Waals surface area (Å²) in [5.74, 6) is 1.64. The van der Waals surface area contributed by atoms with Crippen LogP contribution in [0.5, 0.6) is 0 Å². The molecular weight excluding hydrogens is 236 g/mol. The number of hydrogen-bond donors (Lipinski definition) is 0. The molecule has 1 heterocycles. The van der Waals surface area contributed by atoms with E-state index in [4.69, 9.17) is 0 Å². The molecule has 110 valence electrons. The fourth-order valence-corrected chi connectivity index (χ4v) is 3.52. The van der Waals surface area contributed by atoms with Crippen LogP contribution in [-0.2, 0) is 4.79 Å². The Labute approximate surface area is 118 Å². The van der Waals surface area contributed by atoms with E-state index in [1.54, 1.807) is 0 Å². The summed E-state index contributed by atoms with van der Waals surface area (Å²) in [7, 11) is 0. The molecule has 19 heavy (non-hydrogen) atoms. The Morgan fingerprint density at radius 3 is 2.47 bits per heavy atom. The van der Waals surface area contributed by atoms with Crippen LogP contribution < -0.4 is 0 Å². The molecule has 3 heteroatoms. The maximum atomic E-state index is 12.1. The lowest BCUT2D eigenvalue weighted by Gasteiger charge is -2.39. The molecule has 2 rings (SSSR count). The average Bonchev–Trinajstić information content (AvgIpc) is 2.42. The van der Waals surface area contributed by atoms with Crippen molar-refractivity contribution >= 4 is 5.78 Å². The van der Waals surface area contributed by atoms with Crippen LogP contribution in [0.15, 0.2) is 0 Å². The predicted octanol–water partition coefficient (Wildman–Crippen LogP) is 2.41. The number of ketones is 1. The summed E-state index contributed by atoms with van der Waals surface area (Å²) in [6.45, 7) is 12.4. The Bertz CT molecular complexity index is 295. The minimum atomic E-state index is 0.323. The molecule has 1 saturated heterocycles. The van der Waals surface area contributed by atoms with E-state index < -0.39 is 0 Å². The lowest BCUT2D eigenvalue weighted by molar-refractivity contribution is -0.126. The standard InChI is InChI=1S/C16H30N2O/c1-4-14-5-6-16(19)15(11-14)12-17-7-9-18(10-8-17)13(2)3/h13-15H,4-12H2,1-3H3. The molecule has 0 radical (unpaired) electrons. The quantitative estimate of drug-likeness (QED) is 0.781. The third kappa shape index (κ3) is 4.03. The summed E-state index contributed by atoms with van der Waals surface area (Å²) < 4.78 is 0. The number of carbonyl (C=O) groups is 1. The van der Waals surface area contributed by atoms with Gasteiger partial charge >= 0.3 is 0 Å². The Morgan fingerprint density at radius 1 is 1.21 bits per heavy atom. The number of rotatable bonds is 4. The molecular formula is C16H30N2O. The number of hydrogen-bond acceptors (Lipinski definition) is 3. The van der Waals surface area contributed by atoms with Gasteiger partial charge in [-0.1, -0.05) is 13.3 Å². The number of carbonyl (C=O) groups excluding carboxylic acids is 1. The summed E-state index contributed by atoms with van der Waals surface area (Å²) in [6.07, 6.45) is 4.34. The van der Waals surface area contributed by atoms with Crippen molar-refractivity contribution in [2.24, 2.45) is 11.8 Å². The molecule has 0 aromatic heterocycles. The summed E-state index contributed by atoms with van der Waals surface area (Å²) in [5, 5.41) is 0. The van der Waals surface area contributed by atoms with Crippen molar-refractivity contribution in [1.82, 2.24) is 9.80 Å². The molecule has 1 saturated carbocycles. The van der Waals surface area contributed by atoms with E-state index in [0.29, 0.717) is 17.7 Å². The molecule has 0 aromatic carbocycles. The smallest absolute Gasteiger partial charge is 0.137 e. The van der Waals surface area contributed by atoms with E-state index in [2.05, 4.69) is 30.6 Å². The number of piperazine rings is 1. The van der Waals surface area contributed by atoms with E-state index >= 15 is 0 Å². The second-order valence-corrected chi connectivity index (χ2v) is 6.64. The summed E-state index contributed by atoms with van der Waals surface area (Å²) in [4.78, 5) is 17.1. The first-order chi connectivity index (χ1) is 9.10. The second-order valence-electron chi connectivity index (χ2n) is 6.64. The van der Waals surface area contributed by atoms with E-state index in [0.717, 1.165) is 57.9 Å². The monoisotopic (exact) mass is 266 g/mol. The number of Topliss-reactive ketones (excluding diaryl/α,β-unsaturated/α-hetero) is 1. The van der Waals surface area contributed by atoms with Gasteiger partial charge in [-0.25, -0.2) is 0 Å². The Balaban J connectivity index is 1.79. The first kappa shape index (κ1) is 15.0. The molecule has 3 nitrogen and oxygen atoms in total. The second kappa shape index (κ2) is 6.85. The lowest BCUT2D eigenvalue weighted by atomic mass is 9.79. The van der Waals surface area contributed by atoms with Gasteiger partial charge in [-0.3, -0.25) is 9.69 Å². The van der Waals surface area contributed by atoms with Crippen LogP contribution in [0.1, 0.15) is 46.5 Å². The van der Waals surface area contributed by atoms with Crippen LogP contribution in [0.4, 0.5) is 0 Å². The minimum Gasteiger partial charge on any atom is -0.300 e. The molecule has 0 amide bonds. The van der Waals surface area contributed by atoms with Crippen molar-refractivity contribution in [3.63, 3.8) is 0 Å². The highest BCUT2D eigenvalue weighted by Crippen LogP contribution is 2.29. The lowest BCUT2D eigenvalue weighted by Crippen LogP contribution is -2.50. The molecule has 2 unspecified atom stereocenters. The molecule has 2 fully saturated rings. The highest BCUT2D eigenvalue weighted by molar-refractivity contribution is 5.81. The molecule has 1 aliphatic heterocycles. The SMILES string of the molecule is CCC1CCC(=O)C(CN2CCN(C(C)C)CC2)C1. The van der Waals surface area contributed by atoms with E-state index in [1.807, 2.05) is 0 Å². The van der Waals surface area contributed by atoms with Gasteiger partial charge in [0.2, 0.25) is 0 Å². The van der Waals surface area contributed by atoms with E-state index in [-0.39, 0.29) is 0 Å². The number of nitrogens with zero attached hydrogens (tertiary/aromatic N) is 2. The van der Waals surface area contributed by atoms with Gasteiger partial charge in [0.25, 0.3) is 0 Å². The summed E-state index contributed by atoms with van der Waals surface area (Å²) >= 11 is 0. The van der Waals surface area contributed by atoms with Crippen molar-refractivity contribution < 1.29 is 4.79 Å². The largest absolute Gasteiger partial charge is 0.300 e. The van der Waals surface area contributed by atoms with Gasteiger partial charge in [0.05, 0.1) is 0 Å². The Kier molecular flexibility index (Phi) is 5.40. The van der Waals surface area contributed by atoms with Crippen LogP contribution in [-0.4, -0.2) is 54.3 Å². The van der Waals surface area contributed by atoms with Gasteiger partial charge < -0.3 is 4.90 Å². The fraction of sp³-hybridized carbons (Fsp3) is 0.938. The Hall–Kier alpha value is -0.410. The first-order valence-electron chi connectivity index (χ1n) is 8.09. The van der Waals surface area contributed by atoms with Gasteiger partial charge in [-0.15, -0.1) is 0 Å². The minimum absolute atomic E-state index is 0.323. The molecule has 0 N–H and O–H groups in total. The van der Waals surface area contributed by atoms with Crippen molar-refractivity contribution in [3.8, 4) is 0 Å². The summed E-state index contributed by atoms with van der Waals surface area (Å²) in [5.41, 5.74) is 0. The molecule has 0 spiro atoms. The molecule has 2 aliphatic rings. The maximum Gasteiger partial charge on any atom is 0.137 e. The van der Waals surface area contributed by atoms with Crippen LogP contribution in [0.2, 0.25) is 0 Å². The third-order valence-corrected chi connectivity index (χ3v) is 5.07. The predicted molar refractivity (Wildman–Crippen MR) is 79.3 cm³/mol. The van der Waals surface area contributed by atoms with Crippen molar-refractivity contribution in [1.29, 1.82) is 0 Å². The summed E-state index contributed by atoms with van der Waals surface area (Å²) in [6, 6.07) is 0.655. The van der Waals surface area contributed by atoms with Gasteiger partial charge in [0.1, 0.15) is 5.78 Å². The van der Waals surface area contributed by atoms with Crippen molar-refractivity contribution in [2.45, 2.75) is 52.5 Å². The Morgan fingerprint density at radius 2 is 1.89 bits per heavy atom. The fourth-order valence-electron chi connectivity index (χ4n) is 3.52. The van der Waals surface area contributed by atoms with Crippen molar-refractivity contribution in [2.75, 3.05) is 32.7 Å². The average molecular weight is 266 g/mol. The normalized spacial score (nSPS) is 31.1. The third-order valence-electron chi connectivity index (χ3n) is 5.07. The van der Waals surface area contributed by atoms with E-state index in [1.165, 1.54) is 6.42 Å². The van der Waals surface area contributed by atoms with Gasteiger partial charge in [0, 0.05) is 51.1 Å². The maximum absolute atomic E-state index is 12.1. The first-order valence-corrected chi connectivity index (χ1v) is 8.09. The zero-order chi connectivity index (χ0) is 13.8. The molecule has 2 atom stereocenters. The van der Waals surface area contributed by atoms with Crippen LogP contribution in [0, 0.1) is 11.8 Å². The zero-order valence-electron chi connectivity index (χ0n) is 12.9. The molecule has 0 aromatic rings. The van der Waals surface area contributed by atoms with Crippen molar-refractivity contribution in [3.05, 3.63) is 0 Å². The molecule has 1 aliphatic carbocycles. The van der Waals surface area contributed by atoms with Gasteiger partial charge in [-0.05, 0) is 32.6 Å². The van der Waals surface area contributed by atoms with Crippen LogP contribution in [0.25, 0.3) is 0 Å². The van der Waals surface area contributed by atoms with Gasteiger partial charge in [0.15, 0.2) is 0 Å². The zero-order valence-corrected chi connectivity index (χ0v) is 12.9. The topological polar surface area (TPSA) is 23.6 Å².